The second kappa shape index (κ2) is 18.2. The summed E-state index contributed by atoms with van der Waals surface area (Å²) < 4.78 is 0. The molecule has 15 heteroatoms. The molecule has 4 saturated heterocycles. The molecule has 4 aliphatic heterocycles. The molecule has 4 aliphatic rings. The number of phenolic OH excluding ortho intramolecular Hbond substituents is 1. The highest BCUT2D eigenvalue weighted by molar-refractivity contribution is 5.99. The van der Waals surface area contributed by atoms with Crippen molar-refractivity contribution in [2.24, 2.45) is 5.92 Å². The number of amides is 7. The Morgan fingerprint density at radius 2 is 0.982 bits per heavy atom. The van der Waals surface area contributed by atoms with Crippen LogP contribution in [0.25, 0.3) is 0 Å². The number of aromatic hydroxyl groups is 1. The molecule has 4 fully saturated rings. The number of hydrogen-bond acceptors (Lipinski definition) is 8. The standard InChI is InChI=1S/C42H55N7O8/c1-25(2)22-30-36(51)45-31(24-28-15-17-29(50)18-16-28)41(56)48-20-8-12-33(48)37(52)43-26(3)40(55)47-19-7-13-34(47)39(54)46-32(23-27-10-5-4-6-11-27)42(57)49-21-9-14-35(49)38(53)44-30/h4-6,10-11,15-18,25-26,30-35,50H,7-9,12-14,19-24H2,1-3H3,(H,43,52)(H,44,53)(H,45,51)(H,46,54)/t26-,30-,31-,32-,33-,34-,35-/m0/s1. The molecular weight excluding hydrogens is 731 g/mol. The molecule has 7 atom stereocenters. The van der Waals surface area contributed by atoms with Gasteiger partial charge in [0.1, 0.15) is 48.0 Å². The first-order valence-electron chi connectivity index (χ1n) is 20.3. The smallest absolute Gasteiger partial charge is 0.246 e. The van der Waals surface area contributed by atoms with Gasteiger partial charge in [0, 0.05) is 32.5 Å². The molecule has 0 aromatic heterocycles. The highest BCUT2D eigenvalue weighted by atomic mass is 16.3. The Kier molecular flexibility index (Phi) is 13.1. The van der Waals surface area contributed by atoms with Gasteiger partial charge in [-0.2, -0.15) is 0 Å². The summed E-state index contributed by atoms with van der Waals surface area (Å²) in [5, 5.41) is 21.4. The van der Waals surface area contributed by atoms with E-state index in [9.17, 15) is 38.7 Å². The van der Waals surface area contributed by atoms with Crippen LogP contribution in [0.15, 0.2) is 54.6 Å². The summed E-state index contributed by atoms with van der Waals surface area (Å²) in [6.45, 7) is 6.16. The summed E-state index contributed by atoms with van der Waals surface area (Å²) >= 11 is 0. The third-order valence-corrected chi connectivity index (χ3v) is 11.5. The Bertz CT molecular complexity index is 1820. The largest absolute Gasteiger partial charge is 0.508 e. The van der Waals surface area contributed by atoms with E-state index in [1.54, 1.807) is 19.1 Å². The number of hydrogen-bond donors (Lipinski definition) is 5. The lowest BCUT2D eigenvalue weighted by Gasteiger charge is -2.32. The van der Waals surface area contributed by atoms with Gasteiger partial charge in [0.25, 0.3) is 0 Å². The third-order valence-electron chi connectivity index (χ3n) is 11.5. The number of nitrogens with one attached hydrogen (secondary N) is 4. The van der Waals surface area contributed by atoms with Gasteiger partial charge < -0.3 is 41.1 Å². The van der Waals surface area contributed by atoms with Crippen LogP contribution in [0.1, 0.15) is 76.8 Å². The van der Waals surface area contributed by atoms with E-state index in [0.29, 0.717) is 44.1 Å². The SMILES string of the molecule is CC(C)C[C@@H]1NC(=O)[C@@H]2CCCN2C(=O)[C@H](Cc2ccccc2)NC(=O)[C@@H]2CCCN2C(=O)[C@H](C)NC(=O)[C@@H]2CCCN2C(=O)[C@H](Cc2ccc(O)cc2)NC1=O. The van der Waals surface area contributed by atoms with Crippen LogP contribution in [0.3, 0.4) is 0 Å². The monoisotopic (exact) mass is 785 g/mol. The van der Waals surface area contributed by atoms with E-state index >= 15 is 0 Å². The first kappa shape index (κ1) is 41.2. The second-order valence-electron chi connectivity index (χ2n) is 16.2. The van der Waals surface area contributed by atoms with Gasteiger partial charge in [0.15, 0.2) is 0 Å². The van der Waals surface area contributed by atoms with Crippen molar-refractivity contribution < 1.29 is 38.7 Å². The molecule has 0 spiro atoms. The van der Waals surface area contributed by atoms with E-state index < -0.39 is 83.6 Å². The van der Waals surface area contributed by atoms with E-state index in [0.717, 1.165) is 5.56 Å². The van der Waals surface area contributed by atoms with Crippen LogP contribution in [0.5, 0.6) is 5.75 Å². The molecule has 6 rings (SSSR count). The number of phenols is 1. The van der Waals surface area contributed by atoms with Crippen molar-refractivity contribution in [3.05, 3.63) is 65.7 Å². The lowest BCUT2D eigenvalue weighted by molar-refractivity contribution is -0.145. The minimum Gasteiger partial charge on any atom is -0.508 e. The van der Waals surface area contributed by atoms with E-state index in [1.165, 1.54) is 26.8 Å². The molecule has 306 valence electrons. The first-order valence-corrected chi connectivity index (χ1v) is 20.3. The number of rotatable bonds is 6. The maximum atomic E-state index is 14.4. The van der Waals surface area contributed by atoms with Crippen molar-refractivity contribution in [3.8, 4) is 5.75 Å². The second-order valence-corrected chi connectivity index (χ2v) is 16.2. The van der Waals surface area contributed by atoms with Crippen molar-refractivity contribution in [1.29, 1.82) is 0 Å². The van der Waals surface area contributed by atoms with Crippen LogP contribution in [0.4, 0.5) is 0 Å². The van der Waals surface area contributed by atoms with Gasteiger partial charge in [0.2, 0.25) is 41.4 Å². The van der Waals surface area contributed by atoms with Crippen molar-refractivity contribution in [1.82, 2.24) is 36.0 Å². The van der Waals surface area contributed by atoms with Crippen LogP contribution in [0, 0.1) is 5.92 Å². The summed E-state index contributed by atoms with van der Waals surface area (Å²) in [4.78, 5) is 103. The zero-order chi connectivity index (χ0) is 40.8. The average molecular weight is 786 g/mol. The third kappa shape index (κ3) is 9.74. The molecule has 5 N–H and O–H groups in total. The summed E-state index contributed by atoms with van der Waals surface area (Å²) in [5.41, 5.74) is 1.44. The minimum atomic E-state index is -1.14. The van der Waals surface area contributed by atoms with Gasteiger partial charge in [-0.1, -0.05) is 56.3 Å². The first-order chi connectivity index (χ1) is 27.3. The Balaban J connectivity index is 1.36. The molecule has 2 aromatic rings. The fourth-order valence-electron chi connectivity index (χ4n) is 8.56. The maximum absolute atomic E-state index is 14.4. The molecule has 0 bridgehead atoms. The minimum absolute atomic E-state index is 0.0342. The normalized spacial score (nSPS) is 28.2. The number of nitrogens with zero attached hydrogens (tertiary/aromatic N) is 3. The summed E-state index contributed by atoms with van der Waals surface area (Å²) in [6, 6.07) is 8.50. The van der Waals surface area contributed by atoms with E-state index in [-0.39, 0.29) is 50.6 Å². The van der Waals surface area contributed by atoms with Gasteiger partial charge >= 0.3 is 0 Å². The quantitative estimate of drug-likeness (QED) is 0.288. The lowest BCUT2D eigenvalue weighted by atomic mass is 10.00. The molecule has 0 unspecified atom stereocenters. The topological polar surface area (TPSA) is 198 Å². The molecule has 0 aliphatic carbocycles. The lowest BCUT2D eigenvalue weighted by Crippen LogP contribution is -2.59. The van der Waals surface area contributed by atoms with Gasteiger partial charge in [0.05, 0.1) is 0 Å². The van der Waals surface area contributed by atoms with Gasteiger partial charge in [-0.15, -0.1) is 0 Å². The predicted octanol–water partition coefficient (Wildman–Crippen LogP) is 1.17. The van der Waals surface area contributed by atoms with Crippen molar-refractivity contribution >= 4 is 41.4 Å². The van der Waals surface area contributed by atoms with Gasteiger partial charge in [-0.3, -0.25) is 33.6 Å². The van der Waals surface area contributed by atoms with Gasteiger partial charge in [-0.05, 0) is 81.0 Å². The van der Waals surface area contributed by atoms with Crippen molar-refractivity contribution in [3.63, 3.8) is 0 Å². The highest BCUT2D eigenvalue weighted by Gasteiger charge is 2.44. The maximum Gasteiger partial charge on any atom is 0.246 e. The Morgan fingerprint density at radius 1 is 0.561 bits per heavy atom. The van der Waals surface area contributed by atoms with E-state index in [1.807, 2.05) is 44.2 Å². The van der Waals surface area contributed by atoms with Crippen LogP contribution >= 0.6 is 0 Å². The Morgan fingerprint density at radius 3 is 1.47 bits per heavy atom. The highest BCUT2D eigenvalue weighted by Crippen LogP contribution is 2.25. The predicted molar refractivity (Wildman–Crippen MR) is 209 cm³/mol. The van der Waals surface area contributed by atoms with Crippen molar-refractivity contribution in [2.75, 3.05) is 19.6 Å². The average Bonchev–Trinajstić information content (AvgIpc) is 3.99. The summed E-state index contributed by atoms with van der Waals surface area (Å²) in [7, 11) is 0. The van der Waals surface area contributed by atoms with Crippen LogP contribution < -0.4 is 21.3 Å². The summed E-state index contributed by atoms with van der Waals surface area (Å²) in [5.74, 6) is -3.55. The number of fused-ring (bicyclic) bond motifs is 3. The van der Waals surface area contributed by atoms with Crippen LogP contribution in [0.2, 0.25) is 0 Å². The van der Waals surface area contributed by atoms with Crippen molar-refractivity contribution in [2.45, 2.75) is 121 Å². The van der Waals surface area contributed by atoms with Crippen LogP contribution in [-0.2, 0) is 46.4 Å². The van der Waals surface area contributed by atoms with Crippen LogP contribution in [-0.4, -0.2) is 123 Å². The zero-order valence-corrected chi connectivity index (χ0v) is 32.9. The Labute approximate surface area is 333 Å². The van der Waals surface area contributed by atoms with E-state index in [4.69, 9.17) is 0 Å². The fourth-order valence-corrected chi connectivity index (χ4v) is 8.56. The molecule has 57 heavy (non-hydrogen) atoms. The number of carbonyl (C=O) groups excluding carboxylic acids is 7. The van der Waals surface area contributed by atoms with E-state index in [2.05, 4.69) is 21.3 Å². The molecule has 4 heterocycles. The molecular formula is C42H55N7O8. The van der Waals surface area contributed by atoms with Gasteiger partial charge in [-0.25, -0.2) is 0 Å². The number of benzene rings is 2. The molecule has 0 saturated carbocycles. The molecule has 2 aromatic carbocycles. The zero-order valence-electron chi connectivity index (χ0n) is 32.9. The molecule has 15 nitrogen and oxygen atoms in total. The summed E-state index contributed by atoms with van der Waals surface area (Å²) in [6.07, 6.45) is 3.09. The fraction of sp³-hybridized carbons (Fsp3) is 0.548. The number of carbonyl (C=O) groups is 7. The molecule has 0 radical (unpaired) electrons. The Hall–Kier alpha value is -5.47. The molecule has 7 amide bonds.